The third-order valence-corrected chi connectivity index (χ3v) is 4.02. The lowest BCUT2D eigenvalue weighted by atomic mass is 10.2. The van der Waals surface area contributed by atoms with Crippen LogP contribution in [0.3, 0.4) is 0 Å². The molecule has 0 saturated carbocycles. The van der Waals surface area contributed by atoms with Crippen molar-refractivity contribution in [3.05, 3.63) is 17.5 Å². The van der Waals surface area contributed by atoms with Crippen LogP contribution in [0, 0.1) is 6.92 Å². The number of hydrogen-bond donors (Lipinski definition) is 0. The first-order valence-electron chi connectivity index (χ1n) is 7.88. The Morgan fingerprint density at radius 3 is 2.67 bits per heavy atom. The maximum absolute atomic E-state index is 11.8. The van der Waals surface area contributed by atoms with Crippen LogP contribution in [-0.2, 0) is 9.16 Å². The van der Waals surface area contributed by atoms with E-state index in [1.54, 1.807) is 13.0 Å². The van der Waals surface area contributed by atoms with Crippen molar-refractivity contribution in [1.29, 1.82) is 0 Å². The highest BCUT2D eigenvalue weighted by Crippen LogP contribution is 2.21. The molecule has 0 aromatic carbocycles. The fourth-order valence-electron chi connectivity index (χ4n) is 2.22. The summed E-state index contributed by atoms with van der Waals surface area (Å²) in [6.07, 6.45) is 4.34. The molecule has 0 amide bonds. The van der Waals surface area contributed by atoms with Gasteiger partial charge in [-0.2, -0.15) is 5.10 Å². The Kier molecular flexibility index (Phi) is 7.67. The normalized spacial score (nSPS) is 12.7. The molecule has 0 bridgehead atoms. The summed E-state index contributed by atoms with van der Waals surface area (Å²) < 4.78 is 13.0. The summed E-state index contributed by atoms with van der Waals surface area (Å²) in [6, 6.07) is 1.77. The molecule has 120 valence electrons. The molecule has 0 N–H and O–H groups in total. The predicted molar refractivity (Wildman–Crippen MR) is 86.1 cm³/mol. The van der Waals surface area contributed by atoms with Crippen LogP contribution in [0.1, 0.15) is 61.9 Å². The molecular formula is C15H28N2O3Si. The number of esters is 1. The van der Waals surface area contributed by atoms with E-state index in [0.717, 1.165) is 18.5 Å². The van der Waals surface area contributed by atoms with Gasteiger partial charge in [0.1, 0.15) is 6.23 Å². The minimum absolute atomic E-state index is 0.0635. The number of carbonyl (C=O) groups is 1. The van der Waals surface area contributed by atoms with Gasteiger partial charge in [-0.3, -0.25) is 0 Å². The largest absolute Gasteiger partial charge is 0.461 e. The Morgan fingerprint density at radius 2 is 2.10 bits per heavy atom. The van der Waals surface area contributed by atoms with E-state index in [1.165, 1.54) is 12.8 Å². The van der Waals surface area contributed by atoms with Crippen LogP contribution in [0.5, 0.6) is 0 Å². The van der Waals surface area contributed by atoms with Crippen LogP contribution in [-0.4, -0.2) is 31.4 Å². The molecule has 0 saturated heterocycles. The van der Waals surface area contributed by atoms with Gasteiger partial charge >= 0.3 is 5.97 Å². The number of nitrogens with zero attached hydrogens (tertiary/aromatic N) is 2. The van der Waals surface area contributed by atoms with Gasteiger partial charge in [-0.1, -0.05) is 19.8 Å². The molecule has 21 heavy (non-hydrogen) atoms. The number of unbranched alkanes of at least 4 members (excludes halogenated alkanes) is 2. The summed E-state index contributed by atoms with van der Waals surface area (Å²) in [5.74, 6) is -0.367. The monoisotopic (exact) mass is 312 g/mol. The van der Waals surface area contributed by atoms with Crippen LogP contribution in [0.2, 0.25) is 13.1 Å². The molecule has 1 aromatic heterocycles. The van der Waals surface area contributed by atoms with Gasteiger partial charge in [-0.15, -0.1) is 0 Å². The Balaban J connectivity index is 2.87. The molecule has 6 heteroatoms. The van der Waals surface area contributed by atoms with Crippen molar-refractivity contribution in [3.63, 3.8) is 0 Å². The summed E-state index contributed by atoms with van der Waals surface area (Å²) in [6.45, 7) is 10.6. The van der Waals surface area contributed by atoms with E-state index in [9.17, 15) is 4.79 Å². The molecule has 1 heterocycles. The molecule has 0 radical (unpaired) electrons. The average molecular weight is 312 g/mol. The van der Waals surface area contributed by atoms with Gasteiger partial charge in [0.2, 0.25) is 0 Å². The Hall–Kier alpha value is -1.14. The lowest BCUT2D eigenvalue weighted by Gasteiger charge is -2.22. The SMILES string of the molecule is CCCCCC(O[SiH](C)C)n1nc(C(=O)OCC)cc1C. The van der Waals surface area contributed by atoms with Gasteiger partial charge < -0.3 is 9.16 Å². The van der Waals surface area contributed by atoms with Crippen LogP contribution < -0.4 is 0 Å². The van der Waals surface area contributed by atoms with Crippen molar-refractivity contribution in [2.75, 3.05) is 6.61 Å². The number of ether oxygens (including phenoxy) is 1. The third kappa shape index (κ3) is 5.63. The summed E-state index contributed by atoms with van der Waals surface area (Å²) in [5.41, 5.74) is 1.30. The molecule has 1 unspecified atom stereocenters. The van der Waals surface area contributed by atoms with E-state index in [4.69, 9.17) is 9.16 Å². The van der Waals surface area contributed by atoms with Crippen LogP contribution in [0.25, 0.3) is 0 Å². The van der Waals surface area contributed by atoms with Gasteiger partial charge in [0.05, 0.1) is 6.61 Å². The minimum atomic E-state index is -1.18. The second-order valence-corrected chi connectivity index (χ2v) is 7.84. The molecule has 0 aliphatic carbocycles. The topological polar surface area (TPSA) is 53.4 Å². The summed E-state index contributed by atoms with van der Waals surface area (Å²) in [7, 11) is -1.18. The number of carbonyl (C=O) groups excluding carboxylic acids is 1. The van der Waals surface area contributed by atoms with Crippen molar-refractivity contribution >= 4 is 15.0 Å². The van der Waals surface area contributed by atoms with Crippen molar-refractivity contribution in [1.82, 2.24) is 9.78 Å². The lowest BCUT2D eigenvalue weighted by molar-refractivity contribution is 0.0513. The molecule has 5 nitrogen and oxygen atoms in total. The van der Waals surface area contributed by atoms with E-state index >= 15 is 0 Å². The fourth-order valence-corrected chi connectivity index (χ4v) is 3.09. The zero-order valence-corrected chi connectivity index (χ0v) is 15.0. The maximum atomic E-state index is 11.8. The first-order valence-corrected chi connectivity index (χ1v) is 10.7. The zero-order chi connectivity index (χ0) is 15.8. The van der Waals surface area contributed by atoms with Crippen LogP contribution in [0.4, 0.5) is 0 Å². The van der Waals surface area contributed by atoms with Gasteiger partial charge in [0.25, 0.3) is 0 Å². The van der Waals surface area contributed by atoms with Crippen LogP contribution in [0.15, 0.2) is 6.07 Å². The number of rotatable bonds is 9. The first-order chi connectivity index (χ1) is 9.99. The Bertz CT molecular complexity index is 446. The van der Waals surface area contributed by atoms with E-state index in [0.29, 0.717) is 12.3 Å². The highest BCUT2D eigenvalue weighted by atomic mass is 28.3. The van der Waals surface area contributed by atoms with Gasteiger partial charge in [0, 0.05) is 5.69 Å². The van der Waals surface area contributed by atoms with Crippen molar-refractivity contribution in [3.8, 4) is 0 Å². The summed E-state index contributed by atoms with van der Waals surface area (Å²) in [4.78, 5) is 11.8. The molecule has 0 aliphatic heterocycles. The molecule has 1 atom stereocenters. The minimum Gasteiger partial charge on any atom is -0.461 e. The van der Waals surface area contributed by atoms with E-state index < -0.39 is 9.04 Å². The highest BCUT2D eigenvalue weighted by Gasteiger charge is 2.20. The van der Waals surface area contributed by atoms with Crippen LogP contribution >= 0.6 is 0 Å². The highest BCUT2D eigenvalue weighted by molar-refractivity contribution is 6.48. The molecule has 0 aliphatic rings. The van der Waals surface area contributed by atoms with E-state index in [1.807, 2.05) is 11.6 Å². The molecule has 0 fully saturated rings. The standard InChI is InChI=1S/C15H28N2O3Si/c1-6-8-9-10-14(20-21(4)5)17-12(3)11-13(16-17)15(18)19-7-2/h11,14,21H,6-10H2,1-5H3. The number of aromatic nitrogens is 2. The number of hydrogen-bond acceptors (Lipinski definition) is 4. The second kappa shape index (κ2) is 8.99. The molecular weight excluding hydrogens is 284 g/mol. The molecule has 1 aromatic rings. The fraction of sp³-hybridized carbons (Fsp3) is 0.733. The van der Waals surface area contributed by atoms with Gasteiger partial charge in [-0.05, 0) is 45.8 Å². The van der Waals surface area contributed by atoms with Gasteiger partial charge in [-0.25, -0.2) is 9.48 Å². The Morgan fingerprint density at radius 1 is 1.38 bits per heavy atom. The van der Waals surface area contributed by atoms with E-state index in [-0.39, 0.29) is 12.2 Å². The van der Waals surface area contributed by atoms with Crippen molar-refractivity contribution in [2.45, 2.75) is 65.8 Å². The first kappa shape index (κ1) is 17.9. The smallest absolute Gasteiger partial charge is 0.358 e. The molecule has 1 rings (SSSR count). The Labute approximate surface area is 129 Å². The zero-order valence-electron chi connectivity index (χ0n) is 13.9. The second-order valence-electron chi connectivity index (χ2n) is 5.47. The predicted octanol–water partition coefficient (Wildman–Crippen LogP) is 3.45. The molecule has 0 spiro atoms. The lowest BCUT2D eigenvalue weighted by Crippen LogP contribution is -2.22. The van der Waals surface area contributed by atoms with Crippen molar-refractivity contribution in [2.24, 2.45) is 0 Å². The third-order valence-electron chi connectivity index (χ3n) is 3.16. The quantitative estimate of drug-likeness (QED) is 0.398. The van der Waals surface area contributed by atoms with Crippen molar-refractivity contribution < 1.29 is 14.0 Å². The summed E-state index contributed by atoms with van der Waals surface area (Å²) in [5, 5.41) is 4.40. The average Bonchev–Trinajstić information content (AvgIpc) is 2.80. The van der Waals surface area contributed by atoms with Gasteiger partial charge in [0.15, 0.2) is 14.7 Å². The summed E-state index contributed by atoms with van der Waals surface area (Å²) >= 11 is 0. The van der Waals surface area contributed by atoms with E-state index in [2.05, 4.69) is 25.1 Å². The number of aryl methyl sites for hydroxylation is 1. The maximum Gasteiger partial charge on any atom is 0.358 e.